The summed E-state index contributed by atoms with van der Waals surface area (Å²) in [6.07, 6.45) is 5.92. The molecule has 0 fully saturated rings. The van der Waals surface area contributed by atoms with Crippen LogP contribution in [0.25, 0.3) is 33.7 Å². The Kier molecular flexibility index (Phi) is 5.15. The van der Waals surface area contributed by atoms with Crippen molar-refractivity contribution in [1.82, 2.24) is 30.2 Å². The number of rotatable bonds is 5. The van der Waals surface area contributed by atoms with Crippen LogP contribution in [0.15, 0.2) is 71.7 Å². The molecule has 1 amide bonds. The fraction of sp³-hybridized carbons (Fsp3) is 0.0435. The summed E-state index contributed by atoms with van der Waals surface area (Å²) in [5, 5.41) is 3.53. The van der Waals surface area contributed by atoms with Crippen LogP contribution in [0.3, 0.4) is 0 Å². The van der Waals surface area contributed by atoms with E-state index in [1.807, 2.05) is 30.3 Å². The molecular formula is C23H16FN7O2. The summed E-state index contributed by atoms with van der Waals surface area (Å²) in [6, 6.07) is 11.7. The van der Waals surface area contributed by atoms with E-state index in [9.17, 15) is 9.18 Å². The topological polar surface area (TPSA) is 133 Å². The zero-order chi connectivity index (χ0) is 22.8. The van der Waals surface area contributed by atoms with Gasteiger partial charge in [-0.3, -0.25) is 14.8 Å². The number of nitrogen functional groups attached to an aromatic ring is 1. The zero-order valence-electron chi connectivity index (χ0n) is 17.1. The van der Waals surface area contributed by atoms with E-state index in [4.69, 9.17) is 10.2 Å². The molecule has 0 saturated carbocycles. The van der Waals surface area contributed by atoms with E-state index in [1.54, 1.807) is 6.20 Å². The minimum atomic E-state index is -0.575. The number of pyridine rings is 2. The summed E-state index contributed by atoms with van der Waals surface area (Å²) >= 11 is 0. The summed E-state index contributed by atoms with van der Waals surface area (Å²) in [7, 11) is 0. The average Bonchev–Trinajstić information content (AvgIpc) is 3.37. The number of nitrogens with two attached hydrogens (primary N) is 1. The molecule has 5 aromatic rings. The average molecular weight is 441 g/mol. The molecule has 3 N–H and O–H groups in total. The Morgan fingerprint density at radius 2 is 1.91 bits per heavy atom. The molecule has 10 heteroatoms. The third-order valence-corrected chi connectivity index (χ3v) is 4.86. The maximum atomic E-state index is 13.4. The first kappa shape index (κ1) is 20.2. The van der Waals surface area contributed by atoms with Crippen molar-refractivity contribution in [1.29, 1.82) is 0 Å². The van der Waals surface area contributed by atoms with Gasteiger partial charge in [-0.15, -0.1) is 0 Å². The Hall–Kier alpha value is -4.73. The Balaban J connectivity index is 1.56. The molecule has 0 radical (unpaired) electrons. The van der Waals surface area contributed by atoms with Gasteiger partial charge in [0.15, 0.2) is 17.2 Å². The first-order valence-corrected chi connectivity index (χ1v) is 9.89. The van der Waals surface area contributed by atoms with Crippen LogP contribution in [0.2, 0.25) is 0 Å². The van der Waals surface area contributed by atoms with Crippen molar-refractivity contribution >= 4 is 22.6 Å². The molecule has 0 spiro atoms. The highest BCUT2D eigenvalue weighted by molar-refractivity contribution is 5.98. The fourth-order valence-electron chi connectivity index (χ4n) is 3.33. The van der Waals surface area contributed by atoms with E-state index in [1.165, 1.54) is 30.8 Å². The molecule has 4 aromatic heterocycles. The minimum Gasteiger partial charge on any atom is -0.443 e. The van der Waals surface area contributed by atoms with E-state index in [0.717, 1.165) is 10.9 Å². The predicted octanol–water partition coefficient (Wildman–Crippen LogP) is 3.39. The van der Waals surface area contributed by atoms with Crippen LogP contribution in [0.1, 0.15) is 16.2 Å². The van der Waals surface area contributed by atoms with Crippen LogP contribution in [-0.2, 0) is 6.54 Å². The summed E-state index contributed by atoms with van der Waals surface area (Å²) in [5.41, 5.74) is 8.49. The van der Waals surface area contributed by atoms with Gasteiger partial charge >= 0.3 is 0 Å². The SMILES string of the molecule is Nc1nc(-c2ncco2)c(-c2ccc3ncccc3c2)nc1C(=O)NCc1cc(F)ccn1. The van der Waals surface area contributed by atoms with Gasteiger partial charge in [0.05, 0.1) is 24.0 Å². The second-order valence-electron chi connectivity index (χ2n) is 7.05. The molecule has 4 heterocycles. The van der Waals surface area contributed by atoms with E-state index in [0.29, 0.717) is 22.6 Å². The number of hydrogen-bond acceptors (Lipinski definition) is 8. The number of carbonyl (C=O) groups excluding carboxylic acids is 1. The first-order chi connectivity index (χ1) is 16.1. The van der Waals surface area contributed by atoms with Gasteiger partial charge in [-0.2, -0.15) is 0 Å². The smallest absolute Gasteiger partial charge is 0.274 e. The number of halogens is 1. The number of fused-ring (bicyclic) bond motifs is 1. The van der Waals surface area contributed by atoms with E-state index >= 15 is 0 Å². The molecule has 0 bridgehead atoms. The Morgan fingerprint density at radius 3 is 2.73 bits per heavy atom. The van der Waals surface area contributed by atoms with Crippen molar-refractivity contribution in [3.05, 3.63) is 84.5 Å². The van der Waals surface area contributed by atoms with Crippen LogP contribution >= 0.6 is 0 Å². The molecule has 5 rings (SSSR count). The molecule has 33 heavy (non-hydrogen) atoms. The standard InChI is InChI=1S/C23H16FN7O2/c24-15-5-7-26-16(11-15)12-29-22(32)20-21(25)31-19(23-28-8-9-33-23)18(30-20)14-3-4-17-13(10-14)2-1-6-27-17/h1-11H,12H2,(H2,25,31)(H,29,32). The molecule has 9 nitrogen and oxygen atoms in total. The molecule has 0 aliphatic rings. The Morgan fingerprint density at radius 1 is 1.00 bits per heavy atom. The molecule has 162 valence electrons. The normalized spacial score (nSPS) is 10.9. The molecule has 0 aliphatic heterocycles. The highest BCUT2D eigenvalue weighted by atomic mass is 19.1. The Labute approximate surface area is 186 Å². The second-order valence-corrected chi connectivity index (χ2v) is 7.05. The molecule has 1 aromatic carbocycles. The van der Waals surface area contributed by atoms with Crippen molar-refractivity contribution in [3.8, 4) is 22.8 Å². The van der Waals surface area contributed by atoms with Gasteiger partial charge in [0.25, 0.3) is 5.91 Å². The number of amides is 1. The zero-order valence-corrected chi connectivity index (χ0v) is 17.1. The lowest BCUT2D eigenvalue weighted by Gasteiger charge is -2.12. The van der Waals surface area contributed by atoms with Crippen molar-refractivity contribution in [2.24, 2.45) is 0 Å². The summed E-state index contributed by atoms with van der Waals surface area (Å²) < 4.78 is 18.8. The number of nitrogens with one attached hydrogen (secondary N) is 1. The van der Waals surface area contributed by atoms with E-state index in [-0.39, 0.29) is 23.9 Å². The summed E-state index contributed by atoms with van der Waals surface area (Å²) in [4.78, 5) is 34.2. The summed E-state index contributed by atoms with van der Waals surface area (Å²) in [6.45, 7) is -0.00379. The Bertz CT molecular complexity index is 1470. The van der Waals surface area contributed by atoms with Gasteiger partial charge in [0, 0.05) is 23.3 Å². The van der Waals surface area contributed by atoms with E-state index in [2.05, 4.69) is 30.2 Å². The van der Waals surface area contributed by atoms with Crippen molar-refractivity contribution in [2.75, 3.05) is 5.73 Å². The van der Waals surface area contributed by atoms with Crippen LogP contribution in [0.5, 0.6) is 0 Å². The van der Waals surface area contributed by atoms with Gasteiger partial charge in [-0.05, 0) is 30.3 Å². The number of anilines is 1. The monoisotopic (exact) mass is 441 g/mol. The first-order valence-electron chi connectivity index (χ1n) is 9.89. The van der Waals surface area contributed by atoms with Gasteiger partial charge in [-0.25, -0.2) is 19.3 Å². The van der Waals surface area contributed by atoms with Crippen molar-refractivity contribution in [2.45, 2.75) is 6.54 Å². The van der Waals surface area contributed by atoms with Crippen molar-refractivity contribution < 1.29 is 13.6 Å². The third kappa shape index (κ3) is 4.09. The number of benzene rings is 1. The maximum Gasteiger partial charge on any atom is 0.274 e. The molecule has 0 saturated heterocycles. The molecule has 0 atom stereocenters. The number of carbonyl (C=O) groups is 1. The maximum absolute atomic E-state index is 13.4. The fourth-order valence-corrected chi connectivity index (χ4v) is 3.33. The van der Waals surface area contributed by atoms with Crippen LogP contribution < -0.4 is 11.1 Å². The molecule has 0 aliphatic carbocycles. The number of oxazole rings is 1. The van der Waals surface area contributed by atoms with Gasteiger partial charge in [-0.1, -0.05) is 12.1 Å². The number of nitrogens with zero attached hydrogens (tertiary/aromatic N) is 5. The van der Waals surface area contributed by atoms with Crippen LogP contribution in [-0.4, -0.2) is 30.8 Å². The third-order valence-electron chi connectivity index (χ3n) is 4.86. The second kappa shape index (κ2) is 8.42. The van der Waals surface area contributed by atoms with Gasteiger partial charge < -0.3 is 15.5 Å². The van der Waals surface area contributed by atoms with Crippen LogP contribution in [0, 0.1) is 5.82 Å². The van der Waals surface area contributed by atoms with Gasteiger partial charge in [0.1, 0.15) is 17.8 Å². The largest absolute Gasteiger partial charge is 0.443 e. The quantitative estimate of drug-likeness (QED) is 0.424. The van der Waals surface area contributed by atoms with Crippen molar-refractivity contribution in [3.63, 3.8) is 0 Å². The number of aromatic nitrogens is 5. The minimum absolute atomic E-state index is 0.00379. The lowest BCUT2D eigenvalue weighted by atomic mass is 10.1. The lowest BCUT2D eigenvalue weighted by molar-refractivity contribution is 0.0946. The predicted molar refractivity (Wildman–Crippen MR) is 118 cm³/mol. The molecular weight excluding hydrogens is 425 g/mol. The van der Waals surface area contributed by atoms with Gasteiger partial charge in [0.2, 0.25) is 5.89 Å². The van der Waals surface area contributed by atoms with E-state index < -0.39 is 11.7 Å². The highest BCUT2D eigenvalue weighted by Gasteiger charge is 2.22. The van der Waals surface area contributed by atoms with Crippen LogP contribution in [0.4, 0.5) is 10.2 Å². The lowest BCUT2D eigenvalue weighted by Crippen LogP contribution is -2.26. The number of hydrogen-bond donors (Lipinski definition) is 2. The molecule has 0 unspecified atom stereocenters. The highest BCUT2D eigenvalue weighted by Crippen LogP contribution is 2.31. The summed E-state index contributed by atoms with van der Waals surface area (Å²) in [5.74, 6) is -0.906.